The number of nitrogens with zero attached hydrogens (tertiary/aromatic N) is 1. The molecule has 0 fully saturated rings. The van der Waals surface area contributed by atoms with E-state index in [9.17, 15) is 0 Å². The smallest absolute Gasteiger partial charge is 0.0340 e. The molecule has 1 aliphatic heterocycles. The predicted octanol–water partition coefficient (Wildman–Crippen LogP) is 3.42. The molecule has 1 heterocycles. The van der Waals surface area contributed by atoms with Crippen molar-refractivity contribution in [2.24, 2.45) is 0 Å². The molecular weight excluding hydrogens is 190 g/mol. The van der Waals surface area contributed by atoms with Crippen molar-refractivity contribution in [3.63, 3.8) is 0 Å². The van der Waals surface area contributed by atoms with Crippen LogP contribution in [-0.4, -0.2) is 23.7 Å². The maximum Gasteiger partial charge on any atom is 0.0340 e. The van der Waals surface area contributed by atoms with Crippen LogP contribution in [0.2, 0.25) is 0 Å². The lowest BCUT2D eigenvalue weighted by Gasteiger charge is -2.20. The molecule has 0 unspecified atom stereocenters. The molecule has 1 rings (SSSR count). The average Bonchev–Trinajstić information content (AvgIpc) is 2.18. The summed E-state index contributed by atoms with van der Waals surface area (Å²) in [5, 5.41) is 0. The van der Waals surface area contributed by atoms with Crippen LogP contribution in [0.5, 0.6) is 0 Å². The lowest BCUT2D eigenvalue weighted by molar-refractivity contribution is 0.568. The summed E-state index contributed by atoms with van der Waals surface area (Å²) in [7, 11) is 0. The zero-order valence-electron chi connectivity index (χ0n) is 9.29. The van der Waals surface area contributed by atoms with E-state index in [0.29, 0.717) is 0 Å². The van der Waals surface area contributed by atoms with Crippen LogP contribution in [0, 0.1) is 0 Å². The lowest BCUT2D eigenvalue weighted by atomic mass is 10.1. The van der Waals surface area contributed by atoms with Crippen molar-refractivity contribution in [2.45, 2.75) is 20.3 Å². The Morgan fingerprint density at radius 1 is 1.57 bits per heavy atom. The van der Waals surface area contributed by atoms with Gasteiger partial charge in [0.1, 0.15) is 0 Å². The Balaban J connectivity index is 2.81. The normalized spacial score (nSPS) is 27.9. The summed E-state index contributed by atoms with van der Waals surface area (Å²) in [5.41, 5.74) is 2.85. The standard InChI is InChI=1S/C12H19NS/c1-4-11-7-6-8-13(14-3)10-12(5-2)9-11/h5-7,9H,4,8,10H2,1-3H3/b7-6-,11-9-,12-5-. The fourth-order valence-corrected chi connectivity index (χ4v) is 1.97. The summed E-state index contributed by atoms with van der Waals surface area (Å²) in [4.78, 5) is 0. The van der Waals surface area contributed by atoms with Crippen LogP contribution in [-0.2, 0) is 0 Å². The number of hydrogen-bond donors (Lipinski definition) is 0. The van der Waals surface area contributed by atoms with Crippen molar-refractivity contribution >= 4 is 11.9 Å². The van der Waals surface area contributed by atoms with Crippen molar-refractivity contribution in [2.75, 3.05) is 19.3 Å². The topological polar surface area (TPSA) is 3.24 Å². The van der Waals surface area contributed by atoms with E-state index < -0.39 is 0 Å². The molecule has 0 aromatic carbocycles. The van der Waals surface area contributed by atoms with Gasteiger partial charge in [-0.15, -0.1) is 0 Å². The van der Waals surface area contributed by atoms with Gasteiger partial charge in [0.05, 0.1) is 0 Å². The molecule has 0 saturated heterocycles. The predicted molar refractivity (Wildman–Crippen MR) is 66.4 cm³/mol. The third-order valence-electron chi connectivity index (χ3n) is 2.41. The van der Waals surface area contributed by atoms with Gasteiger partial charge in [-0.2, -0.15) is 0 Å². The Morgan fingerprint density at radius 3 is 2.93 bits per heavy atom. The van der Waals surface area contributed by atoms with Gasteiger partial charge in [0.15, 0.2) is 0 Å². The van der Waals surface area contributed by atoms with Crippen LogP contribution in [0.15, 0.2) is 35.5 Å². The van der Waals surface area contributed by atoms with E-state index in [1.165, 1.54) is 11.1 Å². The van der Waals surface area contributed by atoms with E-state index in [-0.39, 0.29) is 0 Å². The minimum atomic E-state index is 1.04. The SMILES string of the molecule is C/C=C1/C=C(CC)\C=C/CN(SC)C1. The lowest BCUT2D eigenvalue weighted by Crippen LogP contribution is -2.18. The highest BCUT2D eigenvalue weighted by atomic mass is 32.2. The minimum absolute atomic E-state index is 1.04. The van der Waals surface area contributed by atoms with E-state index in [4.69, 9.17) is 0 Å². The fourth-order valence-electron chi connectivity index (χ4n) is 1.46. The van der Waals surface area contributed by atoms with Gasteiger partial charge in [0.25, 0.3) is 0 Å². The quantitative estimate of drug-likeness (QED) is 0.641. The van der Waals surface area contributed by atoms with Gasteiger partial charge in [-0.1, -0.05) is 43.2 Å². The summed E-state index contributed by atoms with van der Waals surface area (Å²) in [6.07, 6.45) is 12.3. The Kier molecular flexibility index (Phi) is 5.05. The molecule has 0 aromatic rings. The summed E-state index contributed by atoms with van der Waals surface area (Å²) in [6, 6.07) is 0. The number of rotatable bonds is 2. The fraction of sp³-hybridized carbons (Fsp3) is 0.500. The van der Waals surface area contributed by atoms with E-state index in [2.05, 4.69) is 48.7 Å². The zero-order valence-corrected chi connectivity index (χ0v) is 10.1. The molecule has 0 aliphatic carbocycles. The second kappa shape index (κ2) is 6.10. The molecule has 0 bridgehead atoms. The molecule has 0 saturated carbocycles. The van der Waals surface area contributed by atoms with Crippen LogP contribution in [0.4, 0.5) is 0 Å². The van der Waals surface area contributed by atoms with E-state index in [1.807, 2.05) is 11.9 Å². The maximum absolute atomic E-state index is 2.36. The van der Waals surface area contributed by atoms with Gasteiger partial charge in [0.2, 0.25) is 0 Å². The second-order valence-corrected chi connectivity index (χ2v) is 4.23. The Labute approximate surface area is 91.7 Å². The largest absolute Gasteiger partial charge is 0.243 e. The van der Waals surface area contributed by atoms with E-state index in [1.54, 1.807) is 0 Å². The molecule has 2 heteroatoms. The molecular formula is C12H19NS. The van der Waals surface area contributed by atoms with Gasteiger partial charge in [0, 0.05) is 13.1 Å². The van der Waals surface area contributed by atoms with Crippen LogP contribution in [0.1, 0.15) is 20.3 Å². The van der Waals surface area contributed by atoms with Crippen molar-refractivity contribution in [3.05, 3.63) is 35.5 Å². The number of hydrogen-bond acceptors (Lipinski definition) is 2. The third kappa shape index (κ3) is 3.35. The molecule has 0 aromatic heterocycles. The average molecular weight is 209 g/mol. The van der Waals surface area contributed by atoms with Crippen molar-refractivity contribution in [1.82, 2.24) is 4.31 Å². The molecule has 1 aliphatic rings. The molecule has 0 radical (unpaired) electrons. The van der Waals surface area contributed by atoms with Crippen LogP contribution in [0.3, 0.4) is 0 Å². The highest BCUT2D eigenvalue weighted by Crippen LogP contribution is 2.16. The van der Waals surface area contributed by atoms with Gasteiger partial charge in [-0.3, -0.25) is 0 Å². The van der Waals surface area contributed by atoms with Gasteiger partial charge >= 0.3 is 0 Å². The van der Waals surface area contributed by atoms with Crippen molar-refractivity contribution in [3.8, 4) is 0 Å². The Hall–Kier alpha value is -0.470. The molecule has 0 amide bonds. The highest BCUT2D eigenvalue weighted by molar-refractivity contribution is 7.96. The van der Waals surface area contributed by atoms with Gasteiger partial charge in [-0.25, -0.2) is 4.31 Å². The Bertz CT molecular complexity index is 263. The minimum Gasteiger partial charge on any atom is -0.243 e. The monoisotopic (exact) mass is 209 g/mol. The first-order valence-electron chi connectivity index (χ1n) is 5.11. The molecule has 0 atom stereocenters. The third-order valence-corrected chi connectivity index (χ3v) is 3.20. The second-order valence-electron chi connectivity index (χ2n) is 3.34. The first kappa shape index (κ1) is 11.6. The van der Waals surface area contributed by atoms with Crippen LogP contribution < -0.4 is 0 Å². The van der Waals surface area contributed by atoms with Crippen molar-refractivity contribution in [1.29, 1.82) is 0 Å². The summed E-state index contributed by atoms with van der Waals surface area (Å²) in [6.45, 7) is 6.40. The molecule has 0 N–H and O–H groups in total. The number of allylic oxidation sites excluding steroid dienone is 3. The first-order chi connectivity index (χ1) is 6.80. The van der Waals surface area contributed by atoms with Gasteiger partial charge < -0.3 is 0 Å². The van der Waals surface area contributed by atoms with Crippen LogP contribution >= 0.6 is 11.9 Å². The first-order valence-corrected chi connectivity index (χ1v) is 6.29. The summed E-state index contributed by atoms with van der Waals surface area (Å²) in [5.74, 6) is 0. The van der Waals surface area contributed by atoms with Crippen LogP contribution in [0.25, 0.3) is 0 Å². The van der Waals surface area contributed by atoms with Gasteiger partial charge in [-0.05, 0) is 30.7 Å². The summed E-state index contributed by atoms with van der Waals surface area (Å²) >= 11 is 1.81. The van der Waals surface area contributed by atoms with Crippen molar-refractivity contribution < 1.29 is 0 Å². The summed E-state index contributed by atoms with van der Waals surface area (Å²) < 4.78 is 2.36. The highest BCUT2D eigenvalue weighted by Gasteiger charge is 2.05. The Morgan fingerprint density at radius 2 is 2.36 bits per heavy atom. The molecule has 14 heavy (non-hydrogen) atoms. The molecule has 0 spiro atoms. The molecule has 1 nitrogen and oxygen atoms in total. The van der Waals surface area contributed by atoms with E-state index >= 15 is 0 Å². The zero-order chi connectivity index (χ0) is 10.4. The molecule has 78 valence electrons. The maximum atomic E-state index is 2.36. The van der Waals surface area contributed by atoms with E-state index in [0.717, 1.165) is 19.5 Å².